The molecule has 3 aromatic rings. The number of sulfone groups is 1. The second-order valence-electron chi connectivity index (χ2n) is 6.60. The number of rotatable bonds is 8. The quantitative estimate of drug-likeness (QED) is 0.376. The summed E-state index contributed by atoms with van der Waals surface area (Å²) >= 11 is 0.961. The summed E-state index contributed by atoms with van der Waals surface area (Å²) in [6.45, 7) is 1.83. The van der Waals surface area contributed by atoms with Crippen LogP contribution in [0.15, 0.2) is 68.4 Å². The summed E-state index contributed by atoms with van der Waals surface area (Å²) in [6.07, 6.45) is 1.00. The SMILES string of the molecule is COc1ccc(NC(=O)CSc2ncc(S(=O)(=O)c3ccc(C)cc3)c(=O)[nH]2)c(OC)c1. The molecule has 1 aromatic heterocycles. The Morgan fingerprint density at radius 3 is 2.47 bits per heavy atom. The molecule has 0 radical (unpaired) electrons. The first kappa shape index (κ1) is 23.4. The van der Waals surface area contributed by atoms with Gasteiger partial charge in [0.2, 0.25) is 15.7 Å². The van der Waals surface area contributed by atoms with Gasteiger partial charge in [0, 0.05) is 6.07 Å². The summed E-state index contributed by atoms with van der Waals surface area (Å²) in [4.78, 5) is 30.6. The summed E-state index contributed by atoms with van der Waals surface area (Å²) < 4.78 is 35.8. The highest BCUT2D eigenvalue weighted by molar-refractivity contribution is 7.99. The number of anilines is 1. The molecule has 0 saturated carbocycles. The molecule has 1 heterocycles. The third kappa shape index (κ3) is 5.29. The van der Waals surface area contributed by atoms with Crippen LogP contribution in [0.25, 0.3) is 0 Å². The predicted molar refractivity (Wildman–Crippen MR) is 120 cm³/mol. The number of aromatic amines is 1. The molecule has 9 nitrogen and oxygen atoms in total. The molecule has 2 aromatic carbocycles. The standard InChI is InChI=1S/C21H21N3O6S2/c1-13-4-7-15(8-5-13)32(27,28)18-11-22-21(24-20(18)26)31-12-19(25)23-16-9-6-14(29-2)10-17(16)30-3/h4-11H,12H2,1-3H3,(H,23,25)(H,22,24,26). The van der Waals surface area contributed by atoms with Gasteiger partial charge in [-0.3, -0.25) is 9.59 Å². The molecule has 11 heteroatoms. The number of thioether (sulfide) groups is 1. The van der Waals surface area contributed by atoms with Crippen molar-refractivity contribution in [2.45, 2.75) is 21.9 Å². The van der Waals surface area contributed by atoms with Gasteiger partial charge in [0.05, 0.1) is 36.8 Å². The summed E-state index contributed by atoms with van der Waals surface area (Å²) in [7, 11) is -1.01. The van der Waals surface area contributed by atoms with Crippen LogP contribution < -0.4 is 20.3 Å². The van der Waals surface area contributed by atoms with Gasteiger partial charge in [0.15, 0.2) is 10.1 Å². The fourth-order valence-electron chi connectivity index (χ4n) is 2.70. The molecular formula is C21H21N3O6S2. The maximum absolute atomic E-state index is 12.7. The van der Waals surface area contributed by atoms with E-state index in [4.69, 9.17) is 9.47 Å². The van der Waals surface area contributed by atoms with Crippen LogP contribution in [0, 0.1) is 6.92 Å². The molecule has 0 spiro atoms. The van der Waals surface area contributed by atoms with E-state index in [0.29, 0.717) is 17.2 Å². The van der Waals surface area contributed by atoms with Gasteiger partial charge in [0.25, 0.3) is 5.56 Å². The smallest absolute Gasteiger partial charge is 0.270 e. The van der Waals surface area contributed by atoms with Crippen LogP contribution in [-0.2, 0) is 14.6 Å². The van der Waals surface area contributed by atoms with E-state index in [1.165, 1.54) is 26.4 Å². The molecule has 0 aliphatic heterocycles. The van der Waals surface area contributed by atoms with Gasteiger partial charge in [-0.2, -0.15) is 0 Å². The highest BCUT2D eigenvalue weighted by Crippen LogP contribution is 2.29. The lowest BCUT2D eigenvalue weighted by Crippen LogP contribution is -2.20. The Hall–Kier alpha value is -3.31. The Labute approximate surface area is 189 Å². The number of aromatic nitrogens is 2. The van der Waals surface area contributed by atoms with E-state index in [0.717, 1.165) is 23.5 Å². The van der Waals surface area contributed by atoms with Gasteiger partial charge in [0.1, 0.15) is 11.5 Å². The number of carbonyl (C=O) groups excluding carboxylic acids is 1. The number of carbonyl (C=O) groups is 1. The molecule has 0 saturated heterocycles. The van der Waals surface area contributed by atoms with E-state index in [-0.39, 0.29) is 21.7 Å². The largest absolute Gasteiger partial charge is 0.497 e. The first-order valence-corrected chi connectivity index (χ1v) is 11.8. The number of hydrogen-bond donors (Lipinski definition) is 2. The Bertz CT molecular complexity index is 1290. The molecule has 2 N–H and O–H groups in total. The average Bonchev–Trinajstić information content (AvgIpc) is 2.78. The number of nitrogens with one attached hydrogen (secondary N) is 2. The molecule has 0 aliphatic rings. The Morgan fingerprint density at radius 2 is 1.84 bits per heavy atom. The molecule has 3 rings (SSSR count). The van der Waals surface area contributed by atoms with E-state index < -0.39 is 20.3 Å². The molecule has 168 valence electrons. The zero-order valence-corrected chi connectivity index (χ0v) is 19.2. The second kappa shape index (κ2) is 9.88. The lowest BCUT2D eigenvalue weighted by atomic mass is 10.2. The van der Waals surface area contributed by atoms with Gasteiger partial charge in [-0.05, 0) is 31.2 Å². The number of aryl methyl sites for hydroxylation is 1. The number of amides is 1. The summed E-state index contributed by atoms with van der Waals surface area (Å²) in [5.41, 5.74) is 0.550. The van der Waals surface area contributed by atoms with E-state index in [1.807, 2.05) is 6.92 Å². The Kier molecular flexibility index (Phi) is 7.21. The van der Waals surface area contributed by atoms with Gasteiger partial charge in [-0.1, -0.05) is 29.5 Å². The fraction of sp³-hybridized carbons (Fsp3) is 0.190. The molecule has 1 amide bonds. The lowest BCUT2D eigenvalue weighted by molar-refractivity contribution is -0.113. The number of benzene rings is 2. The van der Waals surface area contributed by atoms with Crippen LogP contribution in [0.4, 0.5) is 5.69 Å². The van der Waals surface area contributed by atoms with E-state index in [1.54, 1.807) is 30.3 Å². The van der Waals surface area contributed by atoms with Crippen molar-refractivity contribution in [2.24, 2.45) is 0 Å². The van der Waals surface area contributed by atoms with Crippen molar-refractivity contribution in [1.82, 2.24) is 9.97 Å². The van der Waals surface area contributed by atoms with Crippen molar-refractivity contribution in [3.8, 4) is 11.5 Å². The van der Waals surface area contributed by atoms with Gasteiger partial charge in [-0.15, -0.1) is 0 Å². The molecule has 0 aliphatic carbocycles. The highest BCUT2D eigenvalue weighted by Gasteiger charge is 2.22. The number of H-pyrrole nitrogens is 1. The molecule has 0 bridgehead atoms. The minimum absolute atomic E-state index is 0.00335. The van der Waals surface area contributed by atoms with E-state index in [9.17, 15) is 18.0 Å². The van der Waals surface area contributed by atoms with Crippen molar-refractivity contribution in [3.63, 3.8) is 0 Å². The molecule has 0 unspecified atom stereocenters. The Balaban J connectivity index is 1.69. The predicted octanol–water partition coefficient (Wildman–Crippen LogP) is 2.66. The maximum Gasteiger partial charge on any atom is 0.270 e. The van der Waals surface area contributed by atoms with Crippen LogP contribution in [0.5, 0.6) is 11.5 Å². The minimum Gasteiger partial charge on any atom is -0.497 e. The van der Waals surface area contributed by atoms with Crippen LogP contribution in [0.1, 0.15) is 5.56 Å². The van der Waals surface area contributed by atoms with Gasteiger partial charge in [-0.25, -0.2) is 13.4 Å². The molecule has 32 heavy (non-hydrogen) atoms. The van der Waals surface area contributed by atoms with Crippen LogP contribution >= 0.6 is 11.8 Å². The second-order valence-corrected chi connectivity index (χ2v) is 9.48. The molecule has 0 atom stereocenters. The zero-order chi connectivity index (χ0) is 23.3. The third-order valence-corrected chi connectivity index (χ3v) is 7.04. The zero-order valence-electron chi connectivity index (χ0n) is 17.5. The summed E-state index contributed by atoms with van der Waals surface area (Å²) in [5.74, 6) is 0.580. The summed E-state index contributed by atoms with van der Waals surface area (Å²) in [6, 6.07) is 11.1. The van der Waals surface area contributed by atoms with Crippen molar-refractivity contribution < 1.29 is 22.7 Å². The van der Waals surface area contributed by atoms with Crippen molar-refractivity contribution >= 4 is 33.2 Å². The maximum atomic E-state index is 12.7. The monoisotopic (exact) mass is 475 g/mol. The number of nitrogens with zero attached hydrogens (tertiary/aromatic N) is 1. The van der Waals surface area contributed by atoms with E-state index >= 15 is 0 Å². The minimum atomic E-state index is -4.01. The van der Waals surface area contributed by atoms with Crippen molar-refractivity contribution in [1.29, 1.82) is 0 Å². The van der Waals surface area contributed by atoms with Crippen LogP contribution in [0.3, 0.4) is 0 Å². The number of hydrogen-bond acceptors (Lipinski definition) is 8. The van der Waals surface area contributed by atoms with Gasteiger partial charge < -0.3 is 19.8 Å². The normalized spacial score (nSPS) is 11.1. The fourth-order valence-corrected chi connectivity index (χ4v) is 4.57. The van der Waals surface area contributed by atoms with Crippen LogP contribution in [-0.4, -0.2) is 44.3 Å². The molecule has 0 fully saturated rings. The van der Waals surface area contributed by atoms with Crippen molar-refractivity contribution in [2.75, 3.05) is 25.3 Å². The number of ether oxygens (including phenoxy) is 2. The lowest BCUT2D eigenvalue weighted by Gasteiger charge is -2.11. The highest BCUT2D eigenvalue weighted by atomic mass is 32.2. The third-order valence-electron chi connectivity index (χ3n) is 4.39. The average molecular weight is 476 g/mol. The van der Waals surface area contributed by atoms with E-state index in [2.05, 4.69) is 15.3 Å². The Morgan fingerprint density at radius 1 is 1.12 bits per heavy atom. The number of methoxy groups -OCH3 is 2. The van der Waals surface area contributed by atoms with Crippen molar-refractivity contribution in [3.05, 3.63) is 64.6 Å². The first-order chi connectivity index (χ1) is 15.2. The first-order valence-electron chi connectivity index (χ1n) is 9.30. The topological polar surface area (TPSA) is 127 Å². The molecular weight excluding hydrogens is 454 g/mol. The summed E-state index contributed by atoms with van der Waals surface area (Å²) in [5, 5.41) is 2.82. The van der Waals surface area contributed by atoms with Gasteiger partial charge >= 0.3 is 0 Å². The van der Waals surface area contributed by atoms with Crippen LogP contribution in [0.2, 0.25) is 0 Å².